The van der Waals surface area contributed by atoms with Gasteiger partial charge >= 0.3 is 21.7 Å². The molecule has 0 N–H and O–H groups in total. The van der Waals surface area contributed by atoms with Crippen molar-refractivity contribution in [1.82, 2.24) is 0 Å². The summed E-state index contributed by atoms with van der Waals surface area (Å²) in [6.07, 6.45) is 20.6. The first kappa shape index (κ1) is 43.8. The fourth-order valence-electron chi connectivity index (χ4n) is 2.92. The largest absolute Gasteiger partial charge is 4.00 e. The molecular weight excluding hydrogens is 432 g/mol. The van der Waals surface area contributed by atoms with Crippen LogP contribution in [0.15, 0.2) is 0 Å². The van der Waals surface area contributed by atoms with Crippen molar-refractivity contribution < 1.29 is 21.7 Å². The minimum absolute atomic E-state index is 0. The Morgan fingerprint density at radius 1 is 0.333 bits per heavy atom. The van der Waals surface area contributed by atoms with Gasteiger partial charge in [0.1, 0.15) is 0 Å². The molecule has 0 saturated heterocycles. The van der Waals surface area contributed by atoms with Gasteiger partial charge in [0, 0.05) is 0 Å². The van der Waals surface area contributed by atoms with Crippen LogP contribution in [0.5, 0.6) is 0 Å². The molecule has 33 heavy (non-hydrogen) atoms. The minimum Gasteiger partial charge on any atom is -0.343 e. The zero-order valence-corrected chi connectivity index (χ0v) is 26.5. The van der Waals surface area contributed by atoms with Gasteiger partial charge < -0.3 is 27.7 Å². The van der Waals surface area contributed by atoms with Crippen LogP contribution >= 0.6 is 0 Å². The first-order valence-electron chi connectivity index (χ1n) is 14.3. The van der Waals surface area contributed by atoms with Gasteiger partial charge in [0.15, 0.2) is 0 Å². The summed E-state index contributed by atoms with van der Waals surface area (Å²) < 4.78 is 0. The van der Waals surface area contributed by atoms with E-state index in [1.54, 1.807) is 0 Å². The van der Waals surface area contributed by atoms with E-state index in [2.05, 4.69) is 83.1 Å². The summed E-state index contributed by atoms with van der Waals surface area (Å²) in [6, 6.07) is 0. The molecule has 0 fully saturated rings. The molecule has 0 aromatic heterocycles. The fourth-order valence-corrected chi connectivity index (χ4v) is 2.92. The van der Waals surface area contributed by atoms with Gasteiger partial charge in [-0.25, -0.2) is 0 Å². The smallest absolute Gasteiger partial charge is 0.343 e. The summed E-state index contributed by atoms with van der Waals surface area (Å²) in [5, 5.41) is 0. The molecule has 0 spiro atoms. The number of unbranched alkanes of at least 4 members (excludes halogenated alkanes) is 8. The van der Waals surface area contributed by atoms with Crippen molar-refractivity contribution in [2.75, 3.05) is 0 Å². The summed E-state index contributed by atoms with van der Waals surface area (Å²) in [4.78, 5) is 0. The predicted molar refractivity (Wildman–Crippen MR) is 155 cm³/mol. The van der Waals surface area contributed by atoms with E-state index in [1.807, 2.05) is 0 Å². The molecule has 0 aliphatic carbocycles. The predicted octanol–water partition coefficient (Wildman–Crippen LogP) is 12.1. The molecule has 0 amide bonds. The molecule has 0 unspecified atom stereocenters. The van der Waals surface area contributed by atoms with Gasteiger partial charge in [0.05, 0.1) is 0 Å². The Labute approximate surface area is 230 Å². The molecule has 0 aromatic rings. The van der Waals surface area contributed by atoms with E-state index in [4.69, 9.17) is 0 Å². The van der Waals surface area contributed by atoms with Crippen LogP contribution < -0.4 is 0 Å². The summed E-state index contributed by atoms with van der Waals surface area (Å²) in [7, 11) is 0. The second-order valence-corrected chi connectivity index (χ2v) is 11.0. The Morgan fingerprint density at radius 3 is 0.576 bits per heavy atom. The maximum Gasteiger partial charge on any atom is 4.00 e. The SMILES string of the molecule is [CH2-]CCCCC(C)C.[CH2-]CCCCC(C)C.[CH2-]CCCCC(C)C.[CH2-]CCCCC(C)C.[Ti+4]. The molecule has 0 saturated carbocycles. The van der Waals surface area contributed by atoms with E-state index in [0.717, 1.165) is 49.4 Å². The van der Waals surface area contributed by atoms with Crippen LogP contribution in [0.2, 0.25) is 0 Å². The normalized spacial score (nSPS) is 10.2. The van der Waals surface area contributed by atoms with E-state index in [1.165, 1.54) is 77.0 Å². The van der Waals surface area contributed by atoms with E-state index in [9.17, 15) is 0 Å². The Bertz CT molecular complexity index is 212. The van der Waals surface area contributed by atoms with Crippen LogP contribution in [0.3, 0.4) is 0 Å². The van der Waals surface area contributed by atoms with Crippen molar-refractivity contribution in [3.63, 3.8) is 0 Å². The maximum absolute atomic E-state index is 3.78. The van der Waals surface area contributed by atoms with Crippen LogP contribution in [-0.4, -0.2) is 0 Å². The van der Waals surface area contributed by atoms with Gasteiger partial charge in [-0.05, 0) is 23.7 Å². The average molecular weight is 501 g/mol. The summed E-state index contributed by atoms with van der Waals surface area (Å²) in [5.74, 6) is 3.51. The Hall–Kier alpha value is 0.714. The van der Waals surface area contributed by atoms with Crippen molar-refractivity contribution in [2.45, 2.75) is 158 Å². The first-order valence-corrected chi connectivity index (χ1v) is 14.3. The van der Waals surface area contributed by atoms with Crippen molar-refractivity contribution in [1.29, 1.82) is 0 Å². The molecule has 0 aliphatic rings. The molecule has 0 heterocycles. The topological polar surface area (TPSA) is 0 Å². The van der Waals surface area contributed by atoms with Crippen LogP contribution in [-0.2, 0) is 21.7 Å². The molecule has 0 nitrogen and oxygen atoms in total. The summed E-state index contributed by atoms with van der Waals surface area (Å²) in [5.41, 5.74) is 0. The average Bonchev–Trinajstić information content (AvgIpc) is 2.69. The van der Waals surface area contributed by atoms with Crippen molar-refractivity contribution >= 4 is 0 Å². The van der Waals surface area contributed by atoms with E-state index >= 15 is 0 Å². The molecule has 0 rings (SSSR count). The summed E-state index contributed by atoms with van der Waals surface area (Å²) >= 11 is 0. The molecule has 0 radical (unpaired) electrons. The van der Waals surface area contributed by atoms with Crippen LogP contribution in [0.4, 0.5) is 0 Å². The van der Waals surface area contributed by atoms with Crippen molar-refractivity contribution in [2.24, 2.45) is 23.7 Å². The standard InChI is InChI=1S/4C8H17.Ti/c4*1-4-5-6-7-8(2)3;/h4*8H,1,4-7H2,2-3H3;/q4*-1;+4. The number of hydrogen-bond acceptors (Lipinski definition) is 0. The van der Waals surface area contributed by atoms with Gasteiger partial charge in [-0.1, -0.05) is 132 Å². The molecule has 0 aromatic carbocycles. The van der Waals surface area contributed by atoms with E-state index in [-0.39, 0.29) is 21.7 Å². The Kier molecular flexibility index (Phi) is 52.9. The fraction of sp³-hybridized carbons (Fsp3) is 0.875. The Balaban J connectivity index is -0.000000105. The second kappa shape index (κ2) is 39.9. The monoisotopic (exact) mass is 500 g/mol. The summed E-state index contributed by atoms with van der Waals surface area (Å²) in [6.45, 7) is 33.3. The third-order valence-corrected chi connectivity index (χ3v) is 5.13. The molecule has 1 heteroatoms. The molecule has 0 aliphatic heterocycles. The molecule has 0 bridgehead atoms. The van der Waals surface area contributed by atoms with Gasteiger partial charge in [-0.3, -0.25) is 0 Å². The molecule has 200 valence electrons. The van der Waals surface area contributed by atoms with Gasteiger partial charge in [0.2, 0.25) is 0 Å². The zero-order chi connectivity index (χ0) is 25.6. The quantitative estimate of drug-likeness (QED) is 0.112. The van der Waals surface area contributed by atoms with Crippen LogP contribution in [0.1, 0.15) is 158 Å². The third kappa shape index (κ3) is 71.9. The second-order valence-electron chi connectivity index (χ2n) is 11.0. The third-order valence-electron chi connectivity index (χ3n) is 5.13. The number of hydrogen-bond donors (Lipinski definition) is 0. The van der Waals surface area contributed by atoms with Gasteiger partial charge in [-0.2, -0.15) is 25.7 Å². The van der Waals surface area contributed by atoms with Crippen molar-refractivity contribution in [3.05, 3.63) is 27.7 Å². The minimum atomic E-state index is 0. The number of rotatable bonds is 16. The zero-order valence-electron chi connectivity index (χ0n) is 25.0. The maximum atomic E-state index is 3.78. The van der Waals surface area contributed by atoms with E-state index < -0.39 is 0 Å². The van der Waals surface area contributed by atoms with Crippen LogP contribution in [0, 0.1) is 51.4 Å². The molecular formula is C32H68Ti. The van der Waals surface area contributed by atoms with Gasteiger partial charge in [-0.15, -0.1) is 0 Å². The Morgan fingerprint density at radius 2 is 0.485 bits per heavy atom. The first-order chi connectivity index (χ1) is 15.1. The van der Waals surface area contributed by atoms with E-state index in [0.29, 0.717) is 0 Å². The van der Waals surface area contributed by atoms with Crippen LogP contribution in [0.25, 0.3) is 0 Å². The molecule has 0 atom stereocenters. The van der Waals surface area contributed by atoms with Crippen molar-refractivity contribution in [3.8, 4) is 0 Å². The van der Waals surface area contributed by atoms with Gasteiger partial charge in [0.25, 0.3) is 0 Å².